The smallest absolute Gasteiger partial charge is 0.238 e. The van der Waals surface area contributed by atoms with Crippen LogP contribution in [0.15, 0.2) is 127 Å². The number of para-hydroxylation sites is 1. The van der Waals surface area contributed by atoms with Gasteiger partial charge in [-0.15, -0.1) is 22.7 Å². The summed E-state index contributed by atoms with van der Waals surface area (Å²) < 4.78 is 7.38. The van der Waals surface area contributed by atoms with Crippen molar-refractivity contribution >= 4 is 84.8 Å². The first-order chi connectivity index (χ1) is 23.3. The van der Waals surface area contributed by atoms with Crippen molar-refractivity contribution in [2.24, 2.45) is 0 Å². The lowest BCUT2D eigenvalue weighted by Crippen LogP contribution is -2.06. The number of benzene rings is 6. The Kier molecular flexibility index (Phi) is 5.61. The van der Waals surface area contributed by atoms with Gasteiger partial charge in [-0.1, -0.05) is 84.9 Å². The number of hydrogen-bond acceptors (Lipinski definition) is 6. The summed E-state index contributed by atoms with van der Waals surface area (Å²) in [5.74, 6) is 1.70. The second kappa shape index (κ2) is 10.0. The van der Waals surface area contributed by atoms with E-state index in [0.717, 1.165) is 27.5 Å². The predicted molar refractivity (Wildman–Crippen MR) is 196 cm³/mol. The lowest BCUT2D eigenvalue weighted by Gasteiger charge is -2.12. The first-order valence-corrected chi connectivity index (χ1v) is 16.9. The molecule has 0 N–H and O–H groups in total. The van der Waals surface area contributed by atoms with E-state index >= 15 is 0 Å². The van der Waals surface area contributed by atoms with Crippen LogP contribution in [0.2, 0.25) is 0 Å². The highest BCUT2D eigenvalue weighted by Crippen LogP contribution is 2.51. The van der Waals surface area contributed by atoms with Crippen molar-refractivity contribution in [2.45, 2.75) is 0 Å². The van der Waals surface area contributed by atoms with Gasteiger partial charge >= 0.3 is 0 Å². The van der Waals surface area contributed by atoms with Crippen molar-refractivity contribution < 1.29 is 0 Å². The summed E-state index contributed by atoms with van der Waals surface area (Å²) >= 11 is 3.73. The average molecular weight is 636 g/mol. The van der Waals surface area contributed by atoms with Crippen LogP contribution in [-0.2, 0) is 0 Å². The third-order valence-electron chi connectivity index (χ3n) is 8.89. The maximum absolute atomic E-state index is 9.44. The Hall–Kier alpha value is -5.94. The fourth-order valence-corrected chi connectivity index (χ4v) is 9.39. The molecule has 4 heterocycles. The van der Waals surface area contributed by atoms with E-state index in [9.17, 15) is 5.26 Å². The molecule has 0 radical (unpaired) electrons. The Morgan fingerprint density at radius 3 is 1.74 bits per heavy atom. The molecule has 47 heavy (non-hydrogen) atoms. The van der Waals surface area contributed by atoms with E-state index in [-0.39, 0.29) is 0 Å². The number of fused-ring (bicyclic) bond motifs is 12. The number of nitriles is 1. The first-order valence-electron chi connectivity index (χ1n) is 15.3. The minimum absolute atomic E-state index is 0.553. The molecule has 0 spiro atoms. The summed E-state index contributed by atoms with van der Waals surface area (Å²) in [4.78, 5) is 15.4. The highest BCUT2D eigenvalue weighted by atomic mass is 32.1. The van der Waals surface area contributed by atoms with E-state index in [1.54, 1.807) is 12.1 Å². The van der Waals surface area contributed by atoms with Crippen molar-refractivity contribution in [3.63, 3.8) is 0 Å². The van der Waals surface area contributed by atoms with Gasteiger partial charge in [0, 0.05) is 52.8 Å². The van der Waals surface area contributed by atoms with Crippen molar-refractivity contribution in [3.05, 3.63) is 133 Å². The Balaban J connectivity index is 1.43. The molecular weight excluding hydrogens is 615 g/mol. The summed E-state index contributed by atoms with van der Waals surface area (Å²) in [6.07, 6.45) is 0. The SMILES string of the molecule is N#Cc1ccc(-c2nc(-c3ccccc3)nc(-n3c4ccccc4c4c5c6ccccc6sc5c5sc6ccccc6c5c43)n2)cc1. The van der Waals surface area contributed by atoms with E-state index in [2.05, 4.69) is 83.4 Å². The summed E-state index contributed by atoms with van der Waals surface area (Å²) in [5.41, 5.74) is 4.46. The largest absolute Gasteiger partial charge is 0.277 e. The molecule has 0 saturated heterocycles. The fraction of sp³-hybridized carbons (Fsp3) is 0. The minimum atomic E-state index is 0.553. The molecule has 0 aliphatic rings. The third kappa shape index (κ3) is 3.83. The molecule has 0 saturated carbocycles. The Morgan fingerprint density at radius 1 is 0.511 bits per heavy atom. The van der Waals surface area contributed by atoms with Crippen LogP contribution in [0.4, 0.5) is 0 Å². The van der Waals surface area contributed by atoms with Crippen LogP contribution in [-0.4, -0.2) is 19.5 Å². The molecule has 5 nitrogen and oxygen atoms in total. The van der Waals surface area contributed by atoms with Crippen LogP contribution in [0.1, 0.15) is 5.56 Å². The summed E-state index contributed by atoms with van der Waals surface area (Å²) in [5, 5.41) is 16.8. The summed E-state index contributed by atoms with van der Waals surface area (Å²) in [6.45, 7) is 0. The van der Waals surface area contributed by atoms with E-state index in [1.165, 1.54) is 45.7 Å². The quantitative estimate of drug-likeness (QED) is 0.194. The van der Waals surface area contributed by atoms with Gasteiger partial charge in [-0.3, -0.25) is 4.57 Å². The maximum atomic E-state index is 9.44. The molecule has 0 aliphatic heterocycles. The second-order valence-corrected chi connectivity index (χ2v) is 13.6. The van der Waals surface area contributed by atoms with Crippen molar-refractivity contribution in [3.8, 4) is 34.8 Å². The van der Waals surface area contributed by atoms with Gasteiger partial charge in [-0.05, 0) is 42.5 Å². The van der Waals surface area contributed by atoms with Crippen LogP contribution in [0, 0.1) is 11.3 Å². The molecule has 0 atom stereocenters. The van der Waals surface area contributed by atoms with Gasteiger partial charge in [0.15, 0.2) is 11.6 Å². The molecule has 6 aromatic carbocycles. The van der Waals surface area contributed by atoms with E-state index in [0.29, 0.717) is 23.2 Å². The lowest BCUT2D eigenvalue weighted by atomic mass is 10.0. The number of hydrogen-bond donors (Lipinski definition) is 0. The van der Waals surface area contributed by atoms with E-state index in [1.807, 2.05) is 65.1 Å². The van der Waals surface area contributed by atoms with Crippen molar-refractivity contribution in [1.29, 1.82) is 5.26 Å². The van der Waals surface area contributed by atoms with Crippen LogP contribution in [0.25, 0.3) is 90.9 Å². The van der Waals surface area contributed by atoms with Crippen molar-refractivity contribution in [1.82, 2.24) is 19.5 Å². The fourth-order valence-electron chi connectivity index (χ4n) is 6.84. The standard InChI is InChI=1S/C40H21N5S2/c41-22-23-18-20-25(21-19-23)39-42-38(24-10-2-1-3-11-24)43-40(44-39)45-29-15-7-4-12-26(29)32-33-27-13-5-8-16-30(27)46-36(33)37-34(35(32)45)28-14-6-9-17-31(28)47-37/h1-21H. The Labute approximate surface area is 276 Å². The van der Waals surface area contributed by atoms with Crippen LogP contribution < -0.4 is 0 Å². The molecule has 0 fully saturated rings. The number of thiophene rings is 2. The van der Waals surface area contributed by atoms with E-state index < -0.39 is 0 Å². The molecule has 7 heteroatoms. The zero-order valence-corrected chi connectivity index (χ0v) is 26.3. The Morgan fingerprint density at radius 2 is 1.06 bits per heavy atom. The number of rotatable bonds is 3. The van der Waals surface area contributed by atoms with Crippen LogP contribution in [0.3, 0.4) is 0 Å². The van der Waals surface area contributed by atoms with Crippen LogP contribution in [0.5, 0.6) is 0 Å². The monoisotopic (exact) mass is 635 g/mol. The van der Waals surface area contributed by atoms with Crippen LogP contribution >= 0.6 is 22.7 Å². The highest BCUT2D eigenvalue weighted by Gasteiger charge is 2.26. The summed E-state index contributed by atoms with van der Waals surface area (Å²) in [7, 11) is 0. The number of aromatic nitrogens is 4. The minimum Gasteiger partial charge on any atom is -0.277 e. The molecular formula is C40H21N5S2. The van der Waals surface area contributed by atoms with Crippen molar-refractivity contribution in [2.75, 3.05) is 0 Å². The van der Waals surface area contributed by atoms with Gasteiger partial charge in [0.05, 0.1) is 32.1 Å². The normalized spacial score (nSPS) is 11.8. The lowest BCUT2D eigenvalue weighted by molar-refractivity contribution is 0.955. The number of nitrogens with zero attached hydrogens (tertiary/aromatic N) is 5. The molecule has 4 aromatic heterocycles. The molecule has 10 rings (SSSR count). The molecule has 0 aliphatic carbocycles. The second-order valence-electron chi connectivity index (χ2n) is 11.5. The maximum Gasteiger partial charge on any atom is 0.238 e. The zero-order chi connectivity index (χ0) is 31.1. The molecule has 0 bridgehead atoms. The molecule has 10 aromatic rings. The predicted octanol–water partition coefficient (Wildman–Crippen LogP) is 10.9. The molecule has 0 amide bonds. The van der Waals surface area contributed by atoms with Gasteiger partial charge in [0.2, 0.25) is 5.95 Å². The van der Waals surface area contributed by atoms with Gasteiger partial charge in [-0.25, -0.2) is 4.98 Å². The van der Waals surface area contributed by atoms with E-state index in [4.69, 9.17) is 15.0 Å². The topological polar surface area (TPSA) is 67.4 Å². The molecule has 0 unspecified atom stereocenters. The van der Waals surface area contributed by atoms with Gasteiger partial charge in [-0.2, -0.15) is 15.2 Å². The zero-order valence-electron chi connectivity index (χ0n) is 24.7. The third-order valence-corrected chi connectivity index (χ3v) is 11.4. The highest BCUT2D eigenvalue weighted by molar-refractivity contribution is 7.33. The molecule has 218 valence electrons. The average Bonchev–Trinajstić information content (AvgIpc) is 3.82. The van der Waals surface area contributed by atoms with Gasteiger partial charge in [0.25, 0.3) is 0 Å². The first kappa shape index (κ1) is 26.3. The van der Waals surface area contributed by atoms with Gasteiger partial charge in [0.1, 0.15) is 0 Å². The summed E-state index contributed by atoms with van der Waals surface area (Å²) in [6, 6.07) is 45.7. The van der Waals surface area contributed by atoms with Gasteiger partial charge < -0.3 is 0 Å². The Bertz CT molecular complexity index is 2910.